The van der Waals surface area contributed by atoms with Crippen molar-refractivity contribution in [3.8, 4) is 5.75 Å². The summed E-state index contributed by atoms with van der Waals surface area (Å²) in [6.45, 7) is 12.5. The summed E-state index contributed by atoms with van der Waals surface area (Å²) in [4.78, 5) is 11.9. The number of benzene rings is 2. The number of carbonyl (C=O) groups is 1. The Morgan fingerprint density at radius 2 is 1.65 bits per heavy atom. The number of hydrogen-bond donors (Lipinski definition) is 1. The van der Waals surface area contributed by atoms with E-state index < -0.39 is 0 Å². The first kappa shape index (κ1) is 19.7. The zero-order chi connectivity index (χ0) is 19.3. The van der Waals surface area contributed by atoms with E-state index in [1.165, 1.54) is 11.1 Å². The van der Waals surface area contributed by atoms with Gasteiger partial charge in [0.15, 0.2) is 6.61 Å². The fourth-order valence-corrected chi connectivity index (χ4v) is 2.80. The van der Waals surface area contributed by atoms with Crippen molar-refractivity contribution in [2.75, 3.05) is 6.61 Å². The molecule has 1 amide bonds. The molecule has 4 nitrogen and oxygen atoms in total. The molecule has 0 bridgehead atoms. The predicted octanol–water partition coefficient (Wildman–Crippen LogP) is 4.44. The minimum absolute atomic E-state index is 0.0714. The maximum absolute atomic E-state index is 11.9. The molecule has 138 valence electrons. The second-order valence-corrected chi connectivity index (χ2v) is 7.67. The summed E-state index contributed by atoms with van der Waals surface area (Å²) in [5, 5.41) is 4.05. The van der Waals surface area contributed by atoms with Crippen LogP contribution in [0.15, 0.2) is 41.5 Å². The third-order valence-corrected chi connectivity index (χ3v) is 4.21. The molecule has 0 fully saturated rings. The number of rotatable bonds is 5. The molecule has 0 saturated heterocycles. The highest BCUT2D eigenvalue weighted by atomic mass is 16.5. The SMILES string of the molecule is Cc1cc(C)c(C=NNC(=O)COc2ccc(C(C)(C)C)cc2)c(C)c1. The average Bonchev–Trinajstić information content (AvgIpc) is 2.55. The Bertz CT molecular complexity index is 777. The number of aryl methyl sites for hydroxylation is 3. The van der Waals surface area contributed by atoms with Gasteiger partial charge in [-0.2, -0.15) is 5.10 Å². The monoisotopic (exact) mass is 352 g/mol. The van der Waals surface area contributed by atoms with Gasteiger partial charge in [0.2, 0.25) is 0 Å². The standard InChI is InChI=1S/C22H28N2O2/c1-15-11-16(2)20(17(3)12-15)13-23-24-21(25)14-26-19-9-7-18(8-10-19)22(4,5)6/h7-13H,14H2,1-6H3,(H,24,25). The van der Waals surface area contributed by atoms with Crippen molar-refractivity contribution in [1.82, 2.24) is 5.43 Å². The van der Waals surface area contributed by atoms with Crippen molar-refractivity contribution in [3.63, 3.8) is 0 Å². The fraction of sp³-hybridized carbons (Fsp3) is 0.364. The molecule has 0 aliphatic heterocycles. The van der Waals surface area contributed by atoms with Gasteiger partial charge in [-0.1, -0.05) is 50.6 Å². The summed E-state index contributed by atoms with van der Waals surface area (Å²) >= 11 is 0. The van der Waals surface area contributed by atoms with Gasteiger partial charge in [0, 0.05) is 5.56 Å². The van der Waals surface area contributed by atoms with Gasteiger partial charge in [0.25, 0.3) is 5.91 Å². The molecule has 1 N–H and O–H groups in total. The molecule has 0 aliphatic rings. The summed E-state index contributed by atoms with van der Waals surface area (Å²) in [7, 11) is 0. The van der Waals surface area contributed by atoms with Crippen molar-refractivity contribution in [2.45, 2.75) is 47.0 Å². The quantitative estimate of drug-likeness (QED) is 0.639. The third kappa shape index (κ3) is 5.45. The van der Waals surface area contributed by atoms with Crippen LogP contribution >= 0.6 is 0 Å². The van der Waals surface area contributed by atoms with Crippen LogP contribution in [0.4, 0.5) is 0 Å². The van der Waals surface area contributed by atoms with Gasteiger partial charge in [-0.3, -0.25) is 4.79 Å². The van der Waals surface area contributed by atoms with Gasteiger partial charge >= 0.3 is 0 Å². The van der Waals surface area contributed by atoms with E-state index in [2.05, 4.69) is 50.4 Å². The molecule has 2 aromatic rings. The van der Waals surface area contributed by atoms with Gasteiger partial charge in [-0.25, -0.2) is 5.43 Å². The van der Waals surface area contributed by atoms with Crippen molar-refractivity contribution in [3.05, 3.63) is 64.2 Å². The Hall–Kier alpha value is -2.62. The molecule has 0 aromatic heterocycles. The smallest absolute Gasteiger partial charge is 0.277 e. The lowest BCUT2D eigenvalue weighted by atomic mass is 9.87. The summed E-state index contributed by atoms with van der Waals surface area (Å²) in [6, 6.07) is 12.0. The first-order valence-corrected chi connectivity index (χ1v) is 8.80. The van der Waals surface area contributed by atoms with Crippen molar-refractivity contribution < 1.29 is 9.53 Å². The highest BCUT2D eigenvalue weighted by molar-refractivity contribution is 5.85. The van der Waals surface area contributed by atoms with E-state index in [-0.39, 0.29) is 17.9 Å². The lowest BCUT2D eigenvalue weighted by Gasteiger charge is -2.19. The number of carbonyl (C=O) groups excluding carboxylic acids is 1. The van der Waals surface area contributed by atoms with Gasteiger partial charge < -0.3 is 4.74 Å². The molecule has 0 heterocycles. The van der Waals surface area contributed by atoms with Crippen molar-refractivity contribution in [1.29, 1.82) is 0 Å². The van der Waals surface area contributed by atoms with Crippen LogP contribution in [-0.2, 0) is 10.2 Å². The van der Waals surface area contributed by atoms with Crippen LogP contribution in [-0.4, -0.2) is 18.7 Å². The van der Waals surface area contributed by atoms with E-state index in [0.717, 1.165) is 16.7 Å². The molecule has 2 aromatic carbocycles. The molecule has 0 aliphatic carbocycles. The van der Waals surface area contributed by atoms with Crippen LogP contribution < -0.4 is 10.2 Å². The van der Waals surface area contributed by atoms with E-state index in [1.54, 1.807) is 6.21 Å². The maximum Gasteiger partial charge on any atom is 0.277 e. The third-order valence-electron chi connectivity index (χ3n) is 4.21. The maximum atomic E-state index is 11.9. The number of hydrazone groups is 1. The fourth-order valence-electron chi connectivity index (χ4n) is 2.80. The van der Waals surface area contributed by atoms with E-state index in [9.17, 15) is 4.79 Å². The van der Waals surface area contributed by atoms with Gasteiger partial charge in [0.1, 0.15) is 5.75 Å². The second-order valence-electron chi connectivity index (χ2n) is 7.67. The lowest BCUT2D eigenvalue weighted by Crippen LogP contribution is -2.24. The van der Waals surface area contributed by atoms with Gasteiger partial charge in [-0.15, -0.1) is 0 Å². The minimum atomic E-state index is -0.288. The summed E-state index contributed by atoms with van der Waals surface area (Å²) in [5.41, 5.74) is 8.34. The van der Waals surface area contributed by atoms with Crippen molar-refractivity contribution >= 4 is 12.1 Å². The Kier molecular flexibility index (Phi) is 6.19. The molecule has 0 spiro atoms. The number of hydrogen-bond acceptors (Lipinski definition) is 3. The Labute approximate surface area is 156 Å². The largest absolute Gasteiger partial charge is 0.484 e. The molecule has 0 saturated carbocycles. The molecule has 4 heteroatoms. The van der Waals surface area contributed by atoms with E-state index >= 15 is 0 Å². The highest BCUT2D eigenvalue weighted by Gasteiger charge is 2.13. The van der Waals surface area contributed by atoms with Gasteiger partial charge in [-0.05, 0) is 55.0 Å². The van der Waals surface area contributed by atoms with Crippen LogP contribution in [0, 0.1) is 20.8 Å². The number of ether oxygens (including phenoxy) is 1. The van der Waals surface area contributed by atoms with Gasteiger partial charge in [0.05, 0.1) is 6.21 Å². The lowest BCUT2D eigenvalue weighted by molar-refractivity contribution is -0.123. The van der Waals surface area contributed by atoms with Crippen LogP contribution in [0.3, 0.4) is 0 Å². The summed E-state index contributed by atoms with van der Waals surface area (Å²) in [6.07, 6.45) is 1.68. The summed E-state index contributed by atoms with van der Waals surface area (Å²) < 4.78 is 5.52. The predicted molar refractivity (Wildman–Crippen MR) is 107 cm³/mol. The van der Waals surface area contributed by atoms with Crippen LogP contribution in [0.2, 0.25) is 0 Å². The Morgan fingerprint density at radius 3 is 2.19 bits per heavy atom. The Balaban J connectivity index is 1.88. The van der Waals surface area contributed by atoms with Crippen LogP contribution in [0.1, 0.15) is 48.6 Å². The molecule has 0 radical (unpaired) electrons. The summed E-state index contributed by atoms with van der Waals surface area (Å²) in [5.74, 6) is 0.380. The van der Waals surface area contributed by atoms with Crippen LogP contribution in [0.5, 0.6) is 5.75 Å². The molecular formula is C22H28N2O2. The zero-order valence-electron chi connectivity index (χ0n) is 16.5. The first-order valence-electron chi connectivity index (χ1n) is 8.80. The number of nitrogens with one attached hydrogen (secondary N) is 1. The van der Waals surface area contributed by atoms with E-state index in [0.29, 0.717) is 5.75 Å². The molecule has 2 rings (SSSR count). The minimum Gasteiger partial charge on any atom is -0.484 e. The highest BCUT2D eigenvalue weighted by Crippen LogP contribution is 2.24. The second kappa shape index (κ2) is 8.17. The molecular weight excluding hydrogens is 324 g/mol. The van der Waals surface area contributed by atoms with Crippen LogP contribution in [0.25, 0.3) is 0 Å². The van der Waals surface area contributed by atoms with E-state index in [4.69, 9.17) is 4.74 Å². The molecule has 0 unspecified atom stereocenters. The number of amides is 1. The topological polar surface area (TPSA) is 50.7 Å². The van der Waals surface area contributed by atoms with E-state index in [1.807, 2.05) is 38.1 Å². The molecule has 0 atom stereocenters. The normalized spacial score (nSPS) is 11.6. The molecule has 26 heavy (non-hydrogen) atoms. The first-order chi connectivity index (χ1) is 12.2. The zero-order valence-corrected chi connectivity index (χ0v) is 16.5. The van der Waals surface area contributed by atoms with Crippen molar-refractivity contribution in [2.24, 2.45) is 5.10 Å². The average molecular weight is 352 g/mol. The number of nitrogens with zero attached hydrogens (tertiary/aromatic N) is 1. The Morgan fingerprint density at radius 1 is 1.08 bits per heavy atom.